The monoisotopic (exact) mass is 346 g/mol. The minimum atomic E-state index is -0.629. The summed E-state index contributed by atoms with van der Waals surface area (Å²) in [4.78, 5) is 14.1. The van der Waals surface area contributed by atoms with Crippen molar-refractivity contribution in [2.75, 3.05) is 7.05 Å². The smallest absolute Gasteiger partial charge is 0.242 e. The first-order valence-electron chi connectivity index (χ1n) is 6.31. The largest absolute Gasteiger partial charge is 0.340 e. The molecule has 1 aromatic rings. The van der Waals surface area contributed by atoms with Crippen LogP contribution in [0.1, 0.15) is 31.2 Å². The van der Waals surface area contributed by atoms with Crippen LogP contribution in [0.15, 0.2) is 28.7 Å². The van der Waals surface area contributed by atoms with Gasteiger partial charge in [-0.1, -0.05) is 47.0 Å². The third-order valence-electron chi connectivity index (χ3n) is 3.63. The lowest BCUT2D eigenvalue weighted by atomic mass is 9.97. The Morgan fingerprint density at radius 2 is 1.95 bits per heavy atom. The molecule has 0 radical (unpaired) electrons. The van der Waals surface area contributed by atoms with Gasteiger partial charge in [-0.3, -0.25) is 4.79 Å². The third kappa shape index (κ3) is 3.71. The molecule has 19 heavy (non-hydrogen) atoms. The summed E-state index contributed by atoms with van der Waals surface area (Å²) < 4.78 is 1.03. The zero-order valence-electron chi connectivity index (χ0n) is 11.1. The van der Waals surface area contributed by atoms with Crippen molar-refractivity contribution in [1.29, 1.82) is 0 Å². The van der Waals surface area contributed by atoms with Gasteiger partial charge in [-0.25, -0.2) is 0 Å². The van der Waals surface area contributed by atoms with Gasteiger partial charge in [0.2, 0.25) is 5.91 Å². The minimum Gasteiger partial charge on any atom is -0.340 e. The van der Waals surface area contributed by atoms with Crippen LogP contribution in [0.5, 0.6) is 0 Å². The molecule has 0 bridgehead atoms. The quantitative estimate of drug-likeness (QED) is 0.913. The Labute approximate surface area is 129 Å². The molecule has 2 N–H and O–H groups in total. The fourth-order valence-electron chi connectivity index (χ4n) is 2.55. The van der Waals surface area contributed by atoms with E-state index in [4.69, 9.17) is 5.73 Å². The average Bonchev–Trinajstić information content (AvgIpc) is 2.79. The summed E-state index contributed by atoms with van der Waals surface area (Å²) in [5.74, 6) is 0.0655. The molecule has 1 aliphatic carbocycles. The number of nitrogens with two attached hydrogens (primary N) is 1. The topological polar surface area (TPSA) is 46.3 Å². The van der Waals surface area contributed by atoms with E-state index < -0.39 is 5.54 Å². The second-order valence-corrected chi connectivity index (χ2v) is 5.97. The highest BCUT2D eigenvalue weighted by molar-refractivity contribution is 9.10. The van der Waals surface area contributed by atoms with Crippen LogP contribution in [-0.4, -0.2) is 23.4 Å². The van der Waals surface area contributed by atoms with E-state index in [1.165, 1.54) is 0 Å². The van der Waals surface area contributed by atoms with E-state index in [0.29, 0.717) is 6.54 Å². The van der Waals surface area contributed by atoms with Crippen LogP contribution in [0.2, 0.25) is 0 Å². The molecule has 1 aromatic carbocycles. The van der Waals surface area contributed by atoms with Crippen molar-refractivity contribution in [3.63, 3.8) is 0 Å². The van der Waals surface area contributed by atoms with Crippen LogP contribution < -0.4 is 5.73 Å². The summed E-state index contributed by atoms with van der Waals surface area (Å²) in [6.07, 6.45) is 3.74. The molecule has 2 rings (SSSR count). The van der Waals surface area contributed by atoms with Gasteiger partial charge in [0.15, 0.2) is 0 Å². The Morgan fingerprint density at radius 3 is 2.53 bits per heavy atom. The first-order valence-corrected chi connectivity index (χ1v) is 7.10. The van der Waals surface area contributed by atoms with Crippen molar-refractivity contribution < 1.29 is 4.79 Å². The first-order chi connectivity index (χ1) is 8.53. The normalized spacial score (nSPS) is 16.8. The van der Waals surface area contributed by atoms with Crippen molar-refractivity contribution in [2.24, 2.45) is 5.73 Å². The van der Waals surface area contributed by atoms with E-state index in [-0.39, 0.29) is 18.3 Å². The fourth-order valence-corrected chi connectivity index (χ4v) is 2.96. The maximum absolute atomic E-state index is 12.4. The first kappa shape index (κ1) is 16.5. The summed E-state index contributed by atoms with van der Waals surface area (Å²) in [6.45, 7) is 0.596. The number of rotatable bonds is 3. The Hall–Kier alpha value is -0.580. The van der Waals surface area contributed by atoms with Crippen LogP contribution in [0.25, 0.3) is 0 Å². The zero-order chi connectivity index (χ0) is 13.2. The lowest BCUT2D eigenvalue weighted by Gasteiger charge is -2.29. The maximum Gasteiger partial charge on any atom is 0.242 e. The van der Waals surface area contributed by atoms with Gasteiger partial charge >= 0.3 is 0 Å². The SMILES string of the molecule is CN(Cc1ccccc1Br)C(=O)C1(N)CCCC1.Cl. The molecule has 106 valence electrons. The molecule has 0 saturated heterocycles. The van der Waals surface area contributed by atoms with Crippen LogP contribution >= 0.6 is 28.3 Å². The predicted octanol–water partition coefficient (Wildman–Crippen LogP) is 3.10. The summed E-state index contributed by atoms with van der Waals surface area (Å²) in [5, 5.41) is 0. The molecule has 0 unspecified atom stereocenters. The van der Waals surface area contributed by atoms with Gasteiger partial charge in [0.25, 0.3) is 0 Å². The van der Waals surface area contributed by atoms with Gasteiger partial charge in [-0.05, 0) is 24.5 Å². The third-order valence-corrected chi connectivity index (χ3v) is 4.41. The van der Waals surface area contributed by atoms with Gasteiger partial charge in [-0.15, -0.1) is 12.4 Å². The minimum absolute atomic E-state index is 0. The second kappa shape index (κ2) is 6.73. The summed E-state index contributed by atoms with van der Waals surface area (Å²) in [5.41, 5.74) is 6.67. The molecule has 1 amide bonds. The lowest BCUT2D eigenvalue weighted by Crippen LogP contribution is -2.52. The van der Waals surface area contributed by atoms with E-state index in [9.17, 15) is 4.79 Å². The average molecular weight is 348 g/mol. The van der Waals surface area contributed by atoms with Crippen molar-refractivity contribution in [3.05, 3.63) is 34.3 Å². The van der Waals surface area contributed by atoms with Gasteiger partial charge in [0.1, 0.15) is 0 Å². The fraction of sp³-hybridized carbons (Fsp3) is 0.500. The van der Waals surface area contributed by atoms with Crippen LogP contribution in [0.4, 0.5) is 0 Å². The number of hydrogen-bond acceptors (Lipinski definition) is 2. The molecular weight excluding hydrogens is 328 g/mol. The van der Waals surface area contributed by atoms with Gasteiger partial charge < -0.3 is 10.6 Å². The Kier molecular flexibility index (Phi) is 5.83. The Bertz CT molecular complexity index is 447. The zero-order valence-corrected chi connectivity index (χ0v) is 13.5. The Balaban J connectivity index is 0.00000180. The van der Waals surface area contributed by atoms with Crippen molar-refractivity contribution in [2.45, 2.75) is 37.8 Å². The van der Waals surface area contributed by atoms with Gasteiger partial charge in [-0.2, -0.15) is 0 Å². The van der Waals surface area contributed by atoms with Gasteiger partial charge in [0.05, 0.1) is 5.54 Å². The number of likely N-dealkylation sites (N-methyl/N-ethyl adjacent to an activating group) is 1. The number of carbonyl (C=O) groups is 1. The van der Waals surface area contributed by atoms with E-state index in [0.717, 1.165) is 35.7 Å². The number of nitrogens with zero attached hydrogens (tertiary/aromatic N) is 1. The maximum atomic E-state index is 12.4. The highest BCUT2D eigenvalue weighted by Crippen LogP contribution is 2.29. The van der Waals surface area contributed by atoms with Crippen molar-refractivity contribution >= 4 is 34.2 Å². The molecule has 0 atom stereocenters. The van der Waals surface area contributed by atoms with E-state index >= 15 is 0 Å². The van der Waals surface area contributed by atoms with E-state index in [1.807, 2.05) is 31.3 Å². The highest BCUT2D eigenvalue weighted by Gasteiger charge is 2.38. The molecule has 0 aliphatic heterocycles. The van der Waals surface area contributed by atoms with Crippen LogP contribution in [-0.2, 0) is 11.3 Å². The lowest BCUT2D eigenvalue weighted by molar-refractivity contribution is -0.136. The number of hydrogen-bond donors (Lipinski definition) is 1. The molecule has 0 spiro atoms. The number of amides is 1. The van der Waals surface area contributed by atoms with Crippen LogP contribution in [0, 0.1) is 0 Å². The molecule has 1 aliphatic rings. The molecule has 1 fully saturated rings. The van der Waals surface area contributed by atoms with E-state index in [1.54, 1.807) is 4.90 Å². The van der Waals surface area contributed by atoms with E-state index in [2.05, 4.69) is 15.9 Å². The van der Waals surface area contributed by atoms with Gasteiger partial charge in [0, 0.05) is 18.1 Å². The Morgan fingerprint density at radius 1 is 1.37 bits per heavy atom. The predicted molar refractivity (Wildman–Crippen MR) is 83.3 cm³/mol. The standard InChI is InChI=1S/C14H19BrN2O.ClH/c1-17(10-11-6-2-3-7-12(11)15)13(18)14(16)8-4-5-9-14;/h2-3,6-7H,4-5,8-10,16H2,1H3;1H. The highest BCUT2D eigenvalue weighted by atomic mass is 79.9. The molecule has 0 heterocycles. The molecule has 3 nitrogen and oxygen atoms in total. The summed E-state index contributed by atoms with van der Waals surface area (Å²) >= 11 is 3.50. The summed E-state index contributed by atoms with van der Waals surface area (Å²) in [6, 6.07) is 7.95. The molecular formula is C14H20BrClN2O. The number of carbonyl (C=O) groups excluding carboxylic acids is 1. The number of benzene rings is 1. The van der Waals surface area contributed by atoms with Crippen LogP contribution in [0.3, 0.4) is 0 Å². The number of halogens is 2. The molecule has 1 saturated carbocycles. The summed E-state index contributed by atoms with van der Waals surface area (Å²) in [7, 11) is 1.83. The van der Waals surface area contributed by atoms with Crippen molar-refractivity contribution in [3.8, 4) is 0 Å². The second-order valence-electron chi connectivity index (χ2n) is 5.12. The molecule has 5 heteroatoms. The molecule has 0 aromatic heterocycles. The van der Waals surface area contributed by atoms with Crippen molar-refractivity contribution in [1.82, 2.24) is 4.90 Å².